The summed E-state index contributed by atoms with van der Waals surface area (Å²) in [6.45, 7) is 4.61. The van der Waals surface area contributed by atoms with Gasteiger partial charge in [-0.15, -0.1) is 0 Å². The van der Waals surface area contributed by atoms with Gasteiger partial charge in [-0.3, -0.25) is 4.79 Å². The van der Waals surface area contributed by atoms with Crippen LogP contribution < -0.4 is 5.32 Å². The Balaban J connectivity index is 1.69. The van der Waals surface area contributed by atoms with Gasteiger partial charge in [0.05, 0.1) is 17.7 Å². The fourth-order valence-electron chi connectivity index (χ4n) is 3.86. The smallest absolute Gasteiger partial charge is 0.224 e. The lowest BCUT2D eigenvalue weighted by Crippen LogP contribution is -2.46. The molecule has 0 spiro atoms. The van der Waals surface area contributed by atoms with Crippen LogP contribution in [0.1, 0.15) is 48.9 Å². The van der Waals surface area contributed by atoms with E-state index in [1.54, 1.807) is 18.2 Å². The fourth-order valence-corrected chi connectivity index (χ4v) is 6.22. The maximum atomic E-state index is 13.0. The highest BCUT2D eigenvalue weighted by atomic mass is 35.5. The maximum Gasteiger partial charge on any atom is 0.224 e. The zero-order valence-corrected chi connectivity index (χ0v) is 20.1. The number of benzene rings is 2. The van der Waals surface area contributed by atoms with Gasteiger partial charge in [0.2, 0.25) is 15.9 Å². The normalized spacial score (nSPS) is 18.5. The largest absolute Gasteiger partial charge is 0.349 e. The Morgan fingerprint density at radius 3 is 2.42 bits per heavy atom. The molecule has 2 aromatic carbocycles. The Labute approximate surface area is 194 Å². The maximum absolute atomic E-state index is 13.0. The van der Waals surface area contributed by atoms with Crippen LogP contribution in [0.15, 0.2) is 42.5 Å². The number of halogens is 2. The van der Waals surface area contributed by atoms with Gasteiger partial charge in [-0.25, -0.2) is 12.7 Å². The van der Waals surface area contributed by atoms with Crippen molar-refractivity contribution in [3.63, 3.8) is 0 Å². The quantitative estimate of drug-likeness (QED) is 0.595. The SMILES string of the molecule is CC[C@H](NC(=O)[C@H]1CCCN(S(=O)(=O)Cc2c(Cl)cccc2Cl)C1)c1ccc(C)cc1. The Morgan fingerprint density at radius 2 is 1.81 bits per heavy atom. The van der Waals surface area contributed by atoms with E-state index in [4.69, 9.17) is 23.2 Å². The second kappa shape index (κ2) is 10.3. The minimum absolute atomic E-state index is 0.0954. The summed E-state index contributed by atoms with van der Waals surface area (Å²) < 4.78 is 27.5. The predicted octanol–water partition coefficient (Wildman–Crippen LogP) is 5.11. The molecule has 1 saturated heterocycles. The molecule has 31 heavy (non-hydrogen) atoms. The molecule has 1 N–H and O–H groups in total. The first-order valence-corrected chi connectivity index (χ1v) is 12.9. The van der Waals surface area contributed by atoms with Crippen molar-refractivity contribution in [1.82, 2.24) is 9.62 Å². The Kier molecular flexibility index (Phi) is 8.03. The van der Waals surface area contributed by atoms with Crippen molar-refractivity contribution in [1.29, 1.82) is 0 Å². The van der Waals surface area contributed by atoms with E-state index in [0.717, 1.165) is 17.5 Å². The van der Waals surface area contributed by atoms with Crippen molar-refractivity contribution in [2.24, 2.45) is 5.92 Å². The van der Waals surface area contributed by atoms with E-state index < -0.39 is 10.0 Å². The number of nitrogens with zero attached hydrogens (tertiary/aromatic N) is 1. The number of piperidine rings is 1. The second-order valence-electron chi connectivity index (χ2n) is 8.03. The number of nitrogens with one attached hydrogen (secondary N) is 1. The topological polar surface area (TPSA) is 66.5 Å². The third-order valence-electron chi connectivity index (χ3n) is 5.74. The molecule has 1 amide bonds. The van der Waals surface area contributed by atoms with E-state index >= 15 is 0 Å². The zero-order valence-electron chi connectivity index (χ0n) is 17.8. The van der Waals surface area contributed by atoms with Crippen LogP contribution in [0.3, 0.4) is 0 Å². The van der Waals surface area contributed by atoms with Crippen LogP contribution in [0.5, 0.6) is 0 Å². The van der Waals surface area contributed by atoms with Crippen molar-refractivity contribution in [2.45, 2.75) is 44.9 Å². The van der Waals surface area contributed by atoms with Gasteiger partial charge in [-0.1, -0.05) is 66.0 Å². The highest BCUT2D eigenvalue weighted by molar-refractivity contribution is 7.88. The van der Waals surface area contributed by atoms with E-state index in [2.05, 4.69) is 5.32 Å². The summed E-state index contributed by atoms with van der Waals surface area (Å²) in [5.74, 6) is -0.770. The highest BCUT2D eigenvalue weighted by Crippen LogP contribution is 2.29. The van der Waals surface area contributed by atoms with Gasteiger partial charge in [0.1, 0.15) is 0 Å². The third kappa shape index (κ3) is 6.01. The van der Waals surface area contributed by atoms with Gasteiger partial charge in [0.15, 0.2) is 0 Å². The first-order chi connectivity index (χ1) is 14.7. The van der Waals surface area contributed by atoms with Crippen molar-refractivity contribution < 1.29 is 13.2 Å². The fraction of sp³-hybridized carbons (Fsp3) is 0.435. The summed E-state index contributed by atoms with van der Waals surface area (Å²) in [6, 6.07) is 12.9. The monoisotopic (exact) mass is 482 g/mol. The molecule has 0 bridgehead atoms. The number of sulfonamides is 1. The molecule has 1 aliphatic heterocycles. The average Bonchev–Trinajstić information content (AvgIpc) is 2.75. The standard InChI is InChI=1S/C23H28Cl2N2O3S/c1-3-22(17-11-9-16(2)10-12-17)26-23(28)18-6-5-13-27(14-18)31(29,30)15-19-20(24)7-4-8-21(19)25/h4,7-12,18,22H,3,5-6,13-15H2,1-2H3,(H,26,28)/t18-,22-/m0/s1. The van der Waals surface area contributed by atoms with Crippen LogP contribution in [-0.2, 0) is 20.6 Å². The van der Waals surface area contributed by atoms with E-state index in [0.29, 0.717) is 35.0 Å². The molecule has 5 nitrogen and oxygen atoms in total. The number of hydrogen-bond acceptors (Lipinski definition) is 3. The van der Waals surface area contributed by atoms with Gasteiger partial charge in [0.25, 0.3) is 0 Å². The highest BCUT2D eigenvalue weighted by Gasteiger charge is 2.33. The molecule has 0 aromatic heterocycles. The summed E-state index contributed by atoms with van der Waals surface area (Å²) in [6.07, 6.45) is 2.05. The minimum atomic E-state index is -3.65. The molecule has 1 fully saturated rings. The van der Waals surface area contributed by atoms with Crippen molar-refractivity contribution in [3.8, 4) is 0 Å². The van der Waals surface area contributed by atoms with Gasteiger partial charge in [0, 0.05) is 28.7 Å². The second-order valence-corrected chi connectivity index (χ2v) is 10.8. The van der Waals surface area contributed by atoms with E-state index in [9.17, 15) is 13.2 Å². The van der Waals surface area contributed by atoms with Crippen LogP contribution in [0.25, 0.3) is 0 Å². The summed E-state index contributed by atoms with van der Waals surface area (Å²) in [4.78, 5) is 13.0. The number of rotatable bonds is 7. The summed E-state index contributed by atoms with van der Waals surface area (Å²) in [7, 11) is -3.65. The Morgan fingerprint density at radius 1 is 1.16 bits per heavy atom. The molecule has 1 heterocycles. The molecule has 0 saturated carbocycles. The first-order valence-electron chi connectivity index (χ1n) is 10.5. The average molecular weight is 483 g/mol. The predicted molar refractivity (Wildman–Crippen MR) is 126 cm³/mol. The molecule has 2 aromatic rings. The molecule has 0 unspecified atom stereocenters. The lowest BCUT2D eigenvalue weighted by molar-refractivity contribution is -0.126. The number of hydrogen-bond donors (Lipinski definition) is 1. The number of carbonyl (C=O) groups is 1. The Hall–Kier alpha value is -1.60. The van der Waals surface area contributed by atoms with Gasteiger partial charge in [-0.2, -0.15) is 0 Å². The van der Waals surface area contributed by atoms with Crippen LogP contribution >= 0.6 is 23.2 Å². The van der Waals surface area contributed by atoms with Crippen LogP contribution in [0.2, 0.25) is 10.0 Å². The number of amides is 1. The van der Waals surface area contributed by atoms with Crippen LogP contribution in [0, 0.1) is 12.8 Å². The molecular formula is C23H28Cl2N2O3S. The van der Waals surface area contributed by atoms with E-state index in [-0.39, 0.29) is 30.2 Å². The molecular weight excluding hydrogens is 455 g/mol. The molecule has 1 aliphatic rings. The minimum Gasteiger partial charge on any atom is -0.349 e. The number of carbonyl (C=O) groups excluding carboxylic acids is 1. The third-order valence-corrected chi connectivity index (χ3v) is 8.22. The summed E-state index contributed by atoms with van der Waals surface area (Å²) in [5, 5.41) is 3.76. The molecule has 0 radical (unpaired) electrons. The van der Waals surface area contributed by atoms with Crippen molar-refractivity contribution in [3.05, 3.63) is 69.2 Å². The van der Waals surface area contributed by atoms with Gasteiger partial charge in [-0.05, 0) is 43.9 Å². The van der Waals surface area contributed by atoms with Crippen LogP contribution in [-0.4, -0.2) is 31.7 Å². The van der Waals surface area contributed by atoms with Crippen molar-refractivity contribution >= 4 is 39.1 Å². The summed E-state index contributed by atoms with van der Waals surface area (Å²) >= 11 is 12.3. The lowest BCUT2D eigenvalue weighted by atomic mass is 9.97. The molecule has 3 rings (SSSR count). The lowest BCUT2D eigenvalue weighted by Gasteiger charge is -2.32. The van der Waals surface area contributed by atoms with Gasteiger partial charge < -0.3 is 5.32 Å². The zero-order chi connectivity index (χ0) is 22.6. The van der Waals surface area contributed by atoms with Crippen LogP contribution in [0.4, 0.5) is 0 Å². The molecule has 8 heteroatoms. The van der Waals surface area contributed by atoms with E-state index in [1.165, 1.54) is 4.31 Å². The molecule has 168 valence electrons. The number of aryl methyl sites for hydroxylation is 1. The van der Waals surface area contributed by atoms with Gasteiger partial charge >= 0.3 is 0 Å². The molecule has 2 atom stereocenters. The summed E-state index contributed by atoms with van der Waals surface area (Å²) in [5.41, 5.74) is 2.61. The Bertz CT molecular complexity index is 1010. The van der Waals surface area contributed by atoms with Crippen molar-refractivity contribution in [2.75, 3.05) is 13.1 Å². The first kappa shape index (κ1) is 24.1. The van der Waals surface area contributed by atoms with E-state index in [1.807, 2.05) is 38.1 Å². The molecule has 0 aliphatic carbocycles.